The van der Waals surface area contributed by atoms with Crippen LogP contribution in [0, 0.1) is 5.41 Å². The average Bonchev–Trinajstić information content (AvgIpc) is 3.40. The Hall–Kier alpha value is -2.36. The number of aliphatic carboxylic acids is 1. The van der Waals surface area contributed by atoms with E-state index in [1.165, 1.54) is 4.21 Å². The van der Waals surface area contributed by atoms with Crippen LogP contribution in [0.5, 0.6) is 5.75 Å². The molecule has 4 rings (SSSR count). The zero-order valence-corrected chi connectivity index (χ0v) is 23.4. The van der Waals surface area contributed by atoms with Crippen molar-refractivity contribution in [3.05, 3.63) is 47.5 Å². The van der Waals surface area contributed by atoms with Gasteiger partial charge in [0.25, 0.3) is 0 Å². The minimum absolute atomic E-state index is 0.0863. The summed E-state index contributed by atoms with van der Waals surface area (Å²) in [5, 5.41) is 12.5. The van der Waals surface area contributed by atoms with Crippen molar-refractivity contribution in [2.75, 3.05) is 51.5 Å². The molecule has 1 atom stereocenters. The molecule has 0 spiro atoms. The van der Waals surface area contributed by atoms with Crippen LogP contribution >= 0.6 is 23.1 Å². The van der Waals surface area contributed by atoms with Gasteiger partial charge in [-0.1, -0.05) is 6.07 Å². The van der Waals surface area contributed by atoms with Crippen LogP contribution in [0.3, 0.4) is 0 Å². The summed E-state index contributed by atoms with van der Waals surface area (Å²) >= 11 is 3.62. The van der Waals surface area contributed by atoms with Crippen molar-refractivity contribution in [2.24, 2.45) is 5.41 Å². The molecule has 37 heavy (non-hydrogen) atoms. The summed E-state index contributed by atoms with van der Waals surface area (Å²) < 4.78 is 22.8. The summed E-state index contributed by atoms with van der Waals surface area (Å²) in [5.74, 6) is 0.876. The van der Waals surface area contributed by atoms with E-state index in [1.54, 1.807) is 24.6 Å². The van der Waals surface area contributed by atoms with Crippen LogP contribution in [0.2, 0.25) is 0 Å². The van der Waals surface area contributed by atoms with Gasteiger partial charge in [0.15, 0.2) is 0 Å². The molecule has 2 aromatic heterocycles. The third kappa shape index (κ3) is 6.94. The van der Waals surface area contributed by atoms with Gasteiger partial charge >= 0.3 is 5.97 Å². The van der Waals surface area contributed by atoms with Gasteiger partial charge in [-0.15, -0.1) is 23.1 Å². The normalized spacial score (nSPS) is 16.5. The van der Waals surface area contributed by atoms with E-state index in [0.717, 1.165) is 54.8 Å². The molecular formula is C28H36FN3O3S2. The summed E-state index contributed by atoms with van der Waals surface area (Å²) in [6, 6.07) is 9.73. The van der Waals surface area contributed by atoms with Gasteiger partial charge in [-0.2, -0.15) is 0 Å². The Kier molecular flexibility index (Phi) is 9.31. The maximum atomic E-state index is 16.1. The van der Waals surface area contributed by atoms with E-state index in [-0.39, 0.29) is 18.3 Å². The summed E-state index contributed by atoms with van der Waals surface area (Å²) in [6.07, 6.45) is 2.94. The number of ether oxygens (including phenoxy) is 1. The van der Waals surface area contributed by atoms with E-state index in [1.807, 2.05) is 49.0 Å². The first-order valence-electron chi connectivity index (χ1n) is 12.7. The van der Waals surface area contributed by atoms with Crippen molar-refractivity contribution in [1.82, 2.24) is 9.88 Å². The number of rotatable bonds is 12. The van der Waals surface area contributed by atoms with E-state index in [9.17, 15) is 9.90 Å². The molecule has 200 valence electrons. The van der Waals surface area contributed by atoms with Crippen molar-refractivity contribution in [2.45, 2.75) is 42.5 Å². The molecule has 1 aliphatic heterocycles. The molecule has 1 aromatic carbocycles. The molecule has 0 saturated carbocycles. The third-order valence-corrected chi connectivity index (χ3v) is 9.52. The second-order valence-electron chi connectivity index (χ2n) is 10.0. The highest BCUT2D eigenvalue weighted by atomic mass is 32.2. The number of carboxylic acid groups (broad SMARTS) is 1. The number of fused-ring (bicyclic) bond motifs is 1. The number of carbonyl (C=O) groups is 1. The number of halogens is 1. The number of aromatic nitrogens is 1. The number of anilines is 1. The van der Waals surface area contributed by atoms with Gasteiger partial charge in [-0.05, 0) is 73.8 Å². The molecule has 1 aliphatic rings. The summed E-state index contributed by atoms with van der Waals surface area (Å²) in [4.78, 5) is 20.6. The monoisotopic (exact) mass is 545 g/mol. The van der Waals surface area contributed by atoms with Crippen molar-refractivity contribution < 1.29 is 19.0 Å². The first-order chi connectivity index (χ1) is 17.8. The number of hydrogen-bond acceptors (Lipinski definition) is 7. The Labute approximate surface area is 226 Å². The molecule has 1 unspecified atom stereocenters. The van der Waals surface area contributed by atoms with Gasteiger partial charge < -0.3 is 19.6 Å². The fraction of sp³-hybridized carbons (Fsp3) is 0.500. The Morgan fingerprint density at radius 1 is 1.32 bits per heavy atom. The number of benzene rings is 1. The second kappa shape index (κ2) is 12.5. The van der Waals surface area contributed by atoms with Crippen LogP contribution in [0.25, 0.3) is 10.9 Å². The number of likely N-dealkylation sites (tertiary alicyclic amines) is 1. The van der Waals surface area contributed by atoms with E-state index in [0.29, 0.717) is 17.7 Å². The van der Waals surface area contributed by atoms with Gasteiger partial charge in [0.1, 0.15) is 11.9 Å². The first-order valence-corrected chi connectivity index (χ1v) is 14.6. The Morgan fingerprint density at radius 3 is 2.76 bits per heavy atom. The number of nitrogens with zero attached hydrogens (tertiary/aromatic N) is 3. The maximum Gasteiger partial charge on any atom is 0.303 e. The predicted molar refractivity (Wildman–Crippen MR) is 151 cm³/mol. The topological polar surface area (TPSA) is 65.9 Å². The van der Waals surface area contributed by atoms with Crippen LogP contribution in [0.4, 0.5) is 10.1 Å². The summed E-state index contributed by atoms with van der Waals surface area (Å²) in [6.45, 7) is 2.69. The number of thioether (sulfide) groups is 1. The summed E-state index contributed by atoms with van der Waals surface area (Å²) in [7, 11) is 5.37. The molecule has 3 aromatic rings. The Bertz CT molecular complexity index is 1180. The number of methoxy groups -OCH3 is 1. The summed E-state index contributed by atoms with van der Waals surface area (Å²) in [5.41, 5.74) is 1.67. The van der Waals surface area contributed by atoms with Crippen LogP contribution in [-0.4, -0.2) is 67.6 Å². The van der Waals surface area contributed by atoms with Crippen molar-refractivity contribution in [3.63, 3.8) is 0 Å². The number of piperidine rings is 1. The van der Waals surface area contributed by atoms with Crippen molar-refractivity contribution >= 4 is 45.7 Å². The van der Waals surface area contributed by atoms with Crippen LogP contribution in [-0.2, 0) is 4.79 Å². The molecule has 6 nitrogen and oxygen atoms in total. The highest BCUT2D eigenvalue weighted by molar-refractivity contribution is 8.01. The van der Waals surface area contributed by atoms with Crippen molar-refractivity contribution in [3.8, 4) is 5.75 Å². The first kappa shape index (κ1) is 27.7. The van der Waals surface area contributed by atoms with E-state index >= 15 is 4.39 Å². The molecule has 0 amide bonds. The van der Waals surface area contributed by atoms with Crippen molar-refractivity contribution in [1.29, 1.82) is 0 Å². The van der Waals surface area contributed by atoms with E-state index in [2.05, 4.69) is 27.4 Å². The molecule has 3 heterocycles. The van der Waals surface area contributed by atoms with Gasteiger partial charge in [-0.3, -0.25) is 9.78 Å². The zero-order valence-electron chi connectivity index (χ0n) is 21.8. The van der Waals surface area contributed by atoms with Crippen LogP contribution < -0.4 is 9.64 Å². The lowest BCUT2D eigenvalue weighted by molar-refractivity contribution is -0.141. The molecule has 1 saturated heterocycles. The van der Waals surface area contributed by atoms with Crippen LogP contribution in [0.15, 0.2) is 46.1 Å². The Morgan fingerprint density at radius 2 is 2.11 bits per heavy atom. The number of hydrogen-bond donors (Lipinski definition) is 1. The number of alkyl halides is 1. The highest BCUT2D eigenvalue weighted by Gasteiger charge is 2.37. The smallest absolute Gasteiger partial charge is 0.303 e. The SMILES string of the molecule is COc1ccc2ncc(N(C)C)c(C(F)CCC3(CC(=O)O)CCN(CCSc4cccs4)CC3)c2c1. The molecule has 0 radical (unpaired) electrons. The minimum atomic E-state index is -1.24. The quantitative estimate of drug-likeness (QED) is 0.260. The molecular weight excluding hydrogens is 509 g/mol. The number of carboxylic acids is 1. The van der Waals surface area contributed by atoms with Gasteiger partial charge in [0.2, 0.25) is 0 Å². The maximum absolute atomic E-state index is 16.1. The zero-order chi connectivity index (χ0) is 26.4. The fourth-order valence-electron chi connectivity index (χ4n) is 5.28. The number of pyridine rings is 1. The van der Waals surface area contributed by atoms with E-state index < -0.39 is 12.1 Å². The van der Waals surface area contributed by atoms with Gasteiger partial charge in [0.05, 0.1) is 35.1 Å². The standard InChI is InChI=1S/C28H36FN3O3S2/c1-31(2)24-19-30-23-7-6-20(35-3)17-21(23)27(24)22(29)8-9-28(18-25(33)34)10-12-32(13-11-28)14-16-37-26-5-4-15-36-26/h4-7,15,17,19,22H,8-14,16,18H2,1-3H3,(H,33,34). The molecule has 1 N–H and O–H groups in total. The van der Waals surface area contributed by atoms with E-state index in [4.69, 9.17) is 4.74 Å². The molecule has 1 fully saturated rings. The predicted octanol–water partition coefficient (Wildman–Crippen LogP) is 6.51. The number of thiophene rings is 1. The lowest BCUT2D eigenvalue weighted by atomic mass is 9.71. The fourth-order valence-corrected chi connectivity index (χ4v) is 7.14. The molecule has 0 bridgehead atoms. The lowest BCUT2D eigenvalue weighted by Crippen LogP contribution is -2.42. The minimum Gasteiger partial charge on any atom is -0.497 e. The highest BCUT2D eigenvalue weighted by Crippen LogP contribution is 2.44. The van der Waals surface area contributed by atoms with Crippen LogP contribution in [0.1, 0.15) is 43.8 Å². The van der Waals surface area contributed by atoms with Gasteiger partial charge in [0, 0.05) is 37.3 Å². The molecule has 0 aliphatic carbocycles. The largest absolute Gasteiger partial charge is 0.497 e. The second-order valence-corrected chi connectivity index (χ2v) is 12.4. The average molecular weight is 546 g/mol. The lowest BCUT2D eigenvalue weighted by Gasteiger charge is -2.41. The Balaban J connectivity index is 1.45. The third-order valence-electron chi connectivity index (χ3n) is 7.41. The van der Waals surface area contributed by atoms with Gasteiger partial charge in [-0.25, -0.2) is 4.39 Å². The molecule has 9 heteroatoms.